The molecule has 0 fully saturated rings. The standard InChI is InChI=1S/C21H23N3O4S/c1-13-5-7-16-15(10-13)14(21(24-16)17-4-3-9-29-17)6-8-20(27)28-12-19(26)23-11-18(25)22-2/h3-5,7,9-10,24H,6,8,11-12H2,1-2H3,(H,22,25)(H,23,26). The lowest BCUT2D eigenvalue weighted by molar-refractivity contribution is -0.148. The number of carbonyl (C=O) groups is 3. The van der Waals surface area contributed by atoms with Crippen LogP contribution in [0.15, 0.2) is 35.7 Å². The minimum atomic E-state index is -0.510. The van der Waals surface area contributed by atoms with Gasteiger partial charge >= 0.3 is 5.97 Å². The van der Waals surface area contributed by atoms with E-state index >= 15 is 0 Å². The van der Waals surface area contributed by atoms with Gasteiger partial charge in [0.05, 0.1) is 17.1 Å². The van der Waals surface area contributed by atoms with Gasteiger partial charge in [-0.05, 0) is 42.5 Å². The molecule has 0 unspecified atom stereocenters. The Morgan fingerprint density at radius 2 is 2.00 bits per heavy atom. The number of benzene rings is 1. The molecule has 0 bridgehead atoms. The molecule has 7 nitrogen and oxygen atoms in total. The van der Waals surface area contributed by atoms with E-state index in [1.54, 1.807) is 11.3 Å². The smallest absolute Gasteiger partial charge is 0.306 e. The summed E-state index contributed by atoms with van der Waals surface area (Å²) in [4.78, 5) is 39.5. The molecular formula is C21H23N3O4S. The Balaban J connectivity index is 1.65. The molecule has 152 valence electrons. The molecular weight excluding hydrogens is 390 g/mol. The van der Waals surface area contributed by atoms with E-state index in [0.717, 1.165) is 32.6 Å². The van der Waals surface area contributed by atoms with E-state index in [1.165, 1.54) is 7.05 Å². The van der Waals surface area contributed by atoms with Crippen LogP contribution in [0.3, 0.4) is 0 Å². The number of aromatic nitrogens is 1. The molecule has 0 saturated heterocycles. The number of thiophene rings is 1. The number of H-pyrrole nitrogens is 1. The van der Waals surface area contributed by atoms with Crippen LogP contribution in [0, 0.1) is 6.92 Å². The third-order valence-electron chi connectivity index (χ3n) is 4.50. The molecule has 3 N–H and O–H groups in total. The van der Waals surface area contributed by atoms with Gasteiger partial charge in [-0.3, -0.25) is 14.4 Å². The summed E-state index contributed by atoms with van der Waals surface area (Å²) in [5.41, 5.74) is 4.24. The fourth-order valence-corrected chi connectivity index (χ4v) is 3.77. The molecule has 0 radical (unpaired) electrons. The monoisotopic (exact) mass is 413 g/mol. The van der Waals surface area contributed by atoms with Crippen LogP contribution in [0.1, 0.15) is 17.5 Å². The Kier molecular flexibility index (Phi) is 6.66. The van der Waals surface area contributed by atoms with Gasteiger partial charge in [-0.2, -0.15) is 0 Å². The minimum Gasteiger partial charge on any atom is -0.456 e. The maximum atomic E-state index is 12.1. The molecule has 1 aromatic carbocycles. The summed E-state index contributed by atoms with van der Waals surface area (Å²) in [7, 11) is 1.48. The summed E-state index contributed by atoms with van der Waals surface area (Å²) >= 11 is 1.63. The lowest BCUT2D eigenvalue weighted by atomic mass is 10.0. The molecule has 0 aliphatic carbocycles. The van der Waals surface area contributed by atoms with Gasteiger partial charge in [0.2, 0.25) is 5.91 Å². The summed E-state index contributed by atoms with van der Waals surface area (Å²) in [6, 6.07) is 10.2. The van der Waals surface area contributed by atoms with E-state index < -0.39 is 18.5 Å². The third kappa shape index (κ3) is 5.23. The van der Waals surface area contributed by atoms with Crippen LogP contribution in [0.4, 0.5) is 0 Å². The summed E-state index contributed by atoms with van der Waals surface area (Å²) in [5, 5.41) is 7.88. The first-order valence-electron chi connectivity index (χ1n) is 9.26. The number of aromatic amines is 1. The predicted octanol–water partition coefficient (Wildman–Crippen LogP) is 2.54. The van der Waals surface area contributed by atoms with E-state index in [1.807, 2.05) is 36.6 Å². The average molecular weight is 413 g/mol. The lowest BCUT2D eigenvalue weighted by Crippen LogP contribution is -2.37. The Hall–Kier alpha value is -3.13. The number of hydrogen-bond acceptors (Lipinski definition) is 5. The number of fused-ring (bicyclic) bond motifs is 1. The van der Waals surface area contributed by atoms with Crippen LogP contribution in [0.5, 0.6) is 0 Å². The molecule has 3 aromatic rings. The van der Waals surface area contributed by atoms with Crippen LogP contribution < -0.4 is 10.6 Å². The molecule has 0 aliphatic heterocycles. The van der Waals surface area contributed by atoms with Gasteiger partial charge in [0.1, 0.15) is 0 Å². The Morgan fingerprint density at radius 3 is 2.72 bits per heavy atom. The van der Waals surface area contributed by atoms with Gasteiger partial charge in [-0.25, -0.2) is 0 Å². The molecule has 3 rings (SSSR count). The van der Waals surface area contributed by atoms with Crippen LogP contribution in [-0.4, -0.2) is 43.0 Å². The van der Waals surface area contributed by atoms with Gasteiger partial charge in [-0.1, -0.05) is 17.7 Å². The highest BCUT2D eigenvalue weighted by Crippen LogP contribution is 2.34. The van der Waals surface area contributed by atoms with Gasteiger partial charge in [0.25, 0.3) is 5.91 Å². The van der Waals surface area contributed by atoms with Crippen molar-refractivity contribution in [3.63, 3.8) is 0 Å². The predicted molar refractivity (Wildman–Crippen MR) is 113 cm³/mol. The van der Waals surface area contributed by atoms with Crippen molar-refractivity contribution in [2.75, 3.05) is 20.2 Å². The lowest BCUT2D eigenvalue weighted by Gasteiger charge is -2.07. The molecule has 2 amide bonds. The Labute approximate surface area is 172 Å². The second-order valence-electron chi connectivity index (χ2n) is 6.62. The molecule has 0 spiro atoms. The van der Waals surface area contributed by atoms with E-state index in [4.69, 9.17) is 4.74 Å². The average Bonchev–Trinajstić information content (AvgIpc) is 3.36. The van der Waals surface area contributed by atoms with E-state index in [2.05, 4.69) is 21.7 Å². The number of ether oxygens (including phenoxy) is 1. The van der Waals surface area contributed by atoms with Gasteiger partial charge in [0, 0.05) is 24.4 Å². The van der Waals surface area contributed by atoms with Crippen molar-refractivity contribution in [3.8, 4) is 10.6 Å². The van der Waals surface area contributed by atoms with E-state index in [9.17, 15) is 14.4 Å². The van der Waals surface area contributed by atoms with Gasteiger partial charge in [0.15, 0.2) is 6.61 Å². The number of esters is 1. The maximum absolute atomic E-state index is 12.1. The normalized spacial score (nSPS) is 10.7. The summed E-state index contributed by atoms with van der Waals surface area (Å²) in [6.45, 7) is 1.49. The zero-order valence-corrected chi connectivity index (χ0v) is 17.2. The number of rotatable bonds is 8. The van der Waals surface area contributed by atoms with E-state index in [-0.39, 0.29) is 18.9 Å². The number of aryl methyl sites for hydroxylation is 2. The number of carbonyl (C=O) groups excluding carboxylic acids is 3. The fourth-order valence-electron chi connectivity index (χ4n) is 3.02. The number of likely N-dealkylation sites (N-methyl/N-ethyl adjacent to an activating group) is 1. The SMILES string of the molecule is CNC(=O)CNC(=O)COC(=O)CCc1c(-c2cccs2)[nH]c2ccc(C)cc12. The van der Waals surface area contributed by atoms with Crippen LogP contribution in [0.25, 0.3) is 21.5 Å². The largest absolute Gasteiger partial charge is 0.456 e. The fraction of sp³-hybridized carbons (Fsp3) is 0.286. The highest BCUT2D eigenvalue weighted by molar-refractivity contribution is 7.13. The van der Waals surface area contributed by atoms with Crippen molar-refractivity contribution < 1.29 is 19.1 Å². The zero-order chi connectivity index (χ0) is 20.8. The van der Waals surface area contributed by atoms with Gasteiger partial charge < -0.3 is 20.4 Å². The van der Waals surface area contributed by atoms with Crippen LogP contribution in [0.2, 0.25) is 0 Å². The number of amides is 2. The summed E-state index contributed by atoms with van der Waals surface area (Å²) in [6.07, 6.45) is 0.650. The number of hydrogen-bond donors (Lipinski definition) is 3. The second-order valence-corrected chi connectivity index (χ2v) is 7.56. The van der Waals surface area contributed by atoms with Gasteiger partial charge in [-0.15, -0.1) is 11.3 Å². The molecule has 0 aliphatic rings. The summed E-state index contributed by atoms with van der Waals surface area (Å²) in [5.74, 6) is -1.29. The van der Waals surface area contributed by atoms with Crippen LogP contribution in [-0.2, 0) is 25.5 Å². The number of nitrogens with one attached hydrogen (secondary N) is 3. The quantitative estimate of drug-likeness (QED) is 0.494. The first-order valence-corrected chi connectivity index (χ1v) is 10.1. The van der Waals surface area contributed by atoms with E-state index in [0.29, 0.717) is 6.42 Å². The first kappa shape index (κ1) is 20.6. The summed E-state index contributed by atoms with van der Waals surface area (Å²) < 4.78 is 5.04. The first-order chi connectivity index (χ1) is 14.0. The Bertz CT molecular complexity index is 1020. The topological polar surface area (TPSA) is 100 Å². The molecule has 0 atom stereocenters. The zero-order valence-electron chi connectivity index (χ0n) is 16.3. The molecule has 2 aromatic heterocycles. The third-order valence-corrected chi connectivity index (χ3v) is 5.38. The highest BCUT2D eigenvalue weighted by Gasteiger charge is 2.16. The highest BCUT2D eigenvalue weighted by atomic mass is 32.1. The van der Waals surface area contributed by atoms with Crippen molar-refractivity contribution >= 4 is 40.0 Å². The van der Waals surface area contributed by atoms with Crippen molar-refractivity contribution in [2.24, 2.45) is 0 Å². The van der Waals surface area contributed by atoms with Crippen LogP contribution >= 0.6 is 11.3 Å². The molecule has 0 saturated carbocycles. The molecule has 29 heavy (non-hydrogen) atoms. The minimum absolute atomic E-state index is 0.147. The van der Waals surface area contributed by atoms with Crippen molar-refractivity contribution in [3.05, 3.63) is 46.8 Å². The van der Waals surface area contributed by atoms with Crippen molar-refractivity contribution in [1.82, 2.24) is 15.6 Å². The van der Waals surface area contributed by atoms with Crippen molar-refractivity contribution in [1.29, 1.82) is 0 Å². The molecule has 2 heterocycles. The second kappa shape index (κ2) is 9.38. The van der Waals surface area contributed by atoms with Crippen molar-refractivity contribution in [2.45, 2.75) is 19.8 Å². The Morgan fingerprint density at radius 1 is 1.17 bits per heavy atom. The molecule has 8 heteroatoms. The maximum Gasteiger partial charge on any atom is 0.306 e.